The number of halogens is 1. The molecule has 3 aromatic rings. The minimum atomic E-state index is -0.606. The third-order valence-electron chi connectivity index (χ3n) is 4.37. The molecule has 4 heterocycles. The Morgan fingerprint density at radius 1 is 1.37 bits per heavy atom. The van der Waals surface area contributed by atoms with Crippen LogP contribution in [0.25, 0.3) is 17.5 Å². The van der Waals surface area contributed by atoms with Crippen molar-refractivity contribution in [3.8, 4) is 5.69 Å². The van der Waals surface area contributed by atoms with Gasteiger partial charge in [0.15, 0.2) is 5.69 Å². The second-order valence-corrected chi connectivity index (χ2v) is 6.07. The van der Waals surface area contributed by atoms with Gasteiger partial charge >= 0.3 is 5.97 Å². The molecule has 27 heavy (non-hydrogen) atoms. The van der Waals surface area contributed by atoms with E-state index in [9.17, 15) is 9.18 Å². The van der Waals surface area contributed by atoms with Gasteiger partial charge in [-0.25, -0.2) is 19.4 Å². The zero-order valence-corrected chi connectivity index (χ0v) is 14.9. The average Bonchev–Trinajstić information content (AvgIpc) is 3.25. The quantitative estimate of drug-likeness (QED) is 0.519. The first-order chi connectivity index (χ1) is 13.1. The SMILES string of the molecule is CCOC(=O)c1cn2c(n1)CCC(c1nnn(-c3cccnc3F)c1C)=C2. The molecule has 0 amide bonds. The van der Waals surface area contributed by atoms with Crippen LogP contribution in [0.3, 0.4) is 0 Å². The topological polar surface area (TPSA) is 87.7 Å². The van der Waals surface area contributed by atoms with Gasteiger partial charge in [0.1, 0.15) is 17.2 Å². The van der Waals surface area contributed by atoms with E-state index < -0.39 is 11.9 Å². The van der Waals surface area contributed by atoms with E-state index in [2.05, 4.69) is 20.3 Å². The molecule has 0 radical (unpaired) electrons. The molecule has 3 aromatic heterocycles. The minimum Gasteiger partial charge on any atom is -0.461 e. The monoisotopic (exact) mass is 368 g/mol. The first-order valence-corrected chi connectivity index (χ1v) is 8.57. The largest absolute Gasteiger partial charge is 0.461 e. The Kier molecular flexibility index (Phi) is 4.27. The van der Waals surface area contributed by atoms with Gasteiger partial charge in [-0.3, -0.25) is 0 Å². The molecule has 0 aliphatic carbocycles. The van der Waals surface area contributed by atoms with Crippen LogP contribution in [0.15, 0.2) is 24.5 Å². The molecule has 0 N–H and O–H groups in total. The van der Waals surface area contributed by atoms with E-state index in [1.165, 1.54) is 10.9 Å². The van der Waals surface area contributed by atoms with Crippen LogP contribution in [0, 0.1) is 12.9 Å². The van der Waals surface area contributed by atoms with Gasteiger partial charge in [0, 0.05) is 25.0 Å². The van der Waals surface area contributed by atoms with E-state index in [4.69, 9.17) is 4.74 Å². The highest BCUT2D eigenvalue weighted by atomic mass is 19.1. The zero-order chi connectivity index (χ0) is 19.0. The number of hydrogen-bond donors (Lipinski definition) is 0. The van der Waals surface area contributed by atoms with Gasteiger partial charge in [0.05, 0.1) is 12.3 Å². The lowest BCUT2D eigenvalue weighted by Crippen LogP contribution is -2.06. The number of nitrogens with zero attached hydrogens (tertiary/aromatic N) is 6. The Morgan fingerprint density at radius 3 is 3.00 bits per heavy atom. The lowest BCUT2D eigenvalue weighted by Gasteiger charge is -2.13. The highest BCUT2D eigenvalue weighted by Gasteiger charge is 2.22. The Bertz CT molecular complexity index is 1050. The molecule has 4 rings (SSSR count). The van der Waals surface area contributed by atoms with Crippen LogP contribution in [-0.4, -0.2) is 42.1 Å². The van der Waals surface area contributed by atoms with Crippen molar-refractivity contribution in [2.24, 2.45) is 0 Å². The molecular formula is C18H17FN6O2. The number of esters is 1. The van der Waals surface area contributed by atoms with Crippen LogP contribution in [0.2, 0.25) is 0 Å². The lowest BCUT2D eigenvalue weighted by molar-refractivity contribution is 0.0520. The van der Waals surface area contributed by atoms with E-state index in [-0.39, 0.29) is 11.4 Å². The summed E-state index contributed by atoms with van der Waals surface area (Å²) in [7, 11) is 0. The van der Waals surface area contributed by atoms with Gasteiger partial charge in [-0.05, 0) is 38.0 Å². The maximum Gasteiger partial charge on any atom is 0.358 e. The molecule has 1 aliphatic rings. The number of allylic oxidation sites excluding steroid dienone is 1. The molecule has 0 aromatic carbocycles. The Balaban J connectivity index is 1.69. The summed E-state index contributed by atoms with van der Waals surface area (Å²) in [6.07, 6.45) is 6.24. The number of fused-ring (bicyclic) bond motifs is 1. The Hall–Kier alpha value is -3.36. The van der Waals surface area contributed by atoms with Gasteiger partial charge in [-0.2, -0.15) is 4.39 Å². The van der Waals surface area contributed by atoms with Crippen molar-refractivity contribution in [1.29, 1.82) is 0 Å². The highest BCUT2D eigenvalue weighted by molar-refractivity contribution is 5.87. The summed E-state index contributed by atoms with van der Waals surface area (Å²) in [5.41, 5.74) is 2.85. The third-order valence-corrected chi connectivity index (χ3v) is 4.37. The average molecular weight is 368 g/mol. The molecular weight excluding hydrogens is 351 g/mol. The summed E-state index contributed by atoms with van der Waals surface area (Å²) in [5, 5.41) is 8.31. The molecule has 0 spiro atoms. The van der Waals surface area contributed by atoms with Crippen LogP contribution in [-0.2, 0) is 11.2 Å². The minimum absolute atomic E-state index is 0.248. The molecule has 0 atom stereocenters. The summed E-state index contributed by atoms with van der Waals surface area (Å²) >= 11 is 0. The van der Waals surface area contributed by atoms with Crippen molar-refractivity contribution in [3.63, 3.8) is 0 Å². The molecule has 9 heteroatoms. The van der Waals surface area contributed by atoms with Crippen molar-refractivity contribution >= 4 is 17.7 Å². The van der Waals surface area contributed by atoms with Gasteiger partial charge in [0.2, 0.25) is 5.95 Å². The molecule has 0 fully saturated rings. The van der Waals surface area contributed by atoms with Crippen LogP contribution in [0.1, 0.15) is 41.0 Å². The Labute approximate surface area is 154 Å². The van der Waals surface area contributed by atoms with Crippen molar-refractivity contribution in [2.45, 2.75) is 26.7 Å². The number of carbonyl (C=O) groups is 1. The van der Waals surface area contributed by atoms with Crippen LogP contribution < -0.4 is 0 Å². The normalized spacial score (nSPS) is 13.2. The number of ether oxygens (including phenoxy) is 1. The number of carbonyl (C=O) groups excluding carboxylic acids is 1. The van der Waals surface area contributed by atoms with Crippen molar-refractivity contribution in [1.82, 2.24) is 29.5 Å². The summed E-state index contributed by atoms with van der Waals surface area (Å²) in [5.74, 6) is -0.265. The fourth-order valence-corrected chi connectivity index (χ4v) is 3.08. The summed E-state index contributed by atoms with van der Waals surface area (Å²) in [4.78, 5) is 19.9. The molecule has 8 nitrogen and oxygen atoms in total. The zero-order valence-electron chi connectivity index (χ0n) is 14.9. The number of aryl methyl sites for hydroxylation is 1. The fourth-order valence-electron chi connectivity index (χ4n) is 3.08. The number of imidazole rings is 1. The number of aromatic nitrogens is 6. The van der Waals surface area contributed by atoms with Gasteiger partial charge in [0.25, 0.3) is 0 Å². The second kappa shape index (κ2) is 6.75. The highest BCUT2D eigenvalue weighted by Crippen LogP contribution is 2.28. The molecule has 0 unspecified atom stereocenters. The van der Waals surface area contributed by atoms with Crippen LogP contribution in [0.4, 0.5) is 4.39 Å². The predicted octanol–water partition coefficient (Wildman–Crippen LogP) is 2.43. The van der Waals surface area contributed by atoms with Crippen LogP contribution in [0.5, 0.6) is 0 Å². The molecule has 138 valence electrons. The first kappa shape index (κ1) is 17.1. The molecule has 0 saturated heterocycles. The van der Waals surface area contributed by atoms with Crippen molar-refractivity contribution in [2.75, 3.05) is 6.61 Å². The van der Waals surface area contributed by atoms with E-state index in [1.54, 1.807) is 29.8 Å². The van der Waals surface area contributed by atoms with Gasteiger partial charge < -0.3 is 9.30 Å². The van der Waals surface area contributed by atoms with E-state index in [1.807, 2.05) is 13.1 Å². The maximum absolute atomic E-state index is 14.0. The van der Waals surface area contributed by atoms with E-state index in [0.717, 1.165) is 11.4 Å². The first-order valence-electron chi connectivity index (χ1n) is 8.57. The van der Waals surface area contributed by atoms with Gasteiger partial charge in [-0.15, -0.1) is 5.10 Å². The second-order valence-electron chi connectivity index (χ2n) is 6.07. The molecule has 0 saturated carbocycles. The molecule has 1 aliphatic heterocycles. The van der Waals surface area contributed by atoms with Crippen molar-refractivity contribution < 1.29 is 13.9 Å². The fraction of sp³-hybridized carbons (Fsp3) is 0.278. The third kappa shape index (κ3) is 3.01. The summed E-state index contributed by atoms with van der Waals surface area (Å²) < 4.78 is 22.2. The smallest absolute Gasteiger partial charge is 0.358 e. The summed E-state index contributed by atoms with van der Waals surface area (Å²) in [6, 6.07) is 3.25. The Morgan fingerprint density at radius 2 is 2.22 bits per heavy atom. The number of rotatable bonds is 4. The lowest BCUT2D eigenvalue weighted by atomic mass is 10.0. The van der Waals surface area contributed by atoms with Crippen molar-refractivity contribution in [3.05, 3.63) is 53.4 Å². The maximum atomic E-state index is 14.0. The predicted molar refractivity (Wildman–Crippen MR) is 94.5 cm³/mol. The standard InChI is InChI=1S/C18H17FN6O2/c1-3-27-18(26)13-10-24-9-12(6-7-15(24)21-13)16-11(2)25(23-22-16)14-5-4-8-20-17(14)19/h4-5,8-10H,3,6-7H2,1-2H3. The molecule has 0 bridgehead atoms. The number of pyridine rings is 1. The van der Waals surface area contributed by atoms with E-state index in [0.29, 0.717) is 30.8 Å². The summed E-state index contributed by atoms with van der Waals surface area (Å²) in [6.45, 7) is 3.88. The number of hydrogen-bond acceptors (Lipinski definition) is 6. The van der Waals surface area contributed by atoms with Crippen LogP contribution >= 0.6 is 0 Å². The van der Waals surface area contributed by atoms with Gasteiger partial charge in [-0.1, -0.05) is 5.21 Å². The van der Waals surface area contributed by atoms with E-state index >= 15 is 0 Å².